The molecule has 2 heterocycles. The lowest BCUT2D eigenvalue weighted by atomic mass is 9.91. The molecule has 2 atom stereocenters. The molecule has 4 nitrogen and oxygen atoms in total. The fourth-order valence-corrected chi connectivity index (χ4v) is 5.77. The standard InChI is InChI=1S/C31H22FN3O/c32-25-13-14-28-26(16-25)31(30(36)34(28)19-21-7-3-1-4-8-21)17-27(31)23-11-12-24-18-33-35(29(24)15-23)20-22-9-5-2-6-10-22/h2-3,5-16,18,27H,17,19-20H2. The summed E-state index contributed by atoms with van der Waals surface area (Å²) in [5.41, 5.74) is 5.14. The first-order valence-electron chi connectivity index (χ1n) is 12.1. The molecule has 0 bridgehead atoms. The van der Waals surface area contributed by atoms with Gasteiger partial charge in [0.1, 0.15) is 5.82 Å². The van der Waals surface area contributed by atoms with E-state index in [4.69, 9.17) is 0 Å². The zero-order valence-electron chi connectivity index (χ0n) is 19.5. The summed E-state index contributed by atoms with van der Waals surface area (Å²) in [5.74, 6) is -0.276. The maximum atomic E-state index is 14.4. The Morgan fingerprint density at radius 1 is 0.972 bits per heavy atom. The van der Waals surface area contributed by atoms with Gasteiger partial charge >= 0.3 is 0 Å². The number of aromatic nitrogens is 2. The Kier molecular flexibility index (Phi) is 4.52. The van der Waals surface area contributed by atoms with Gasteiger partial charge in [0, 0.05) is 17.0 Å². The summed E-state index contributed by atoms with van der Waals surface area (Å²) in [7, 11) is 0. The summed E-state index contributed by atoms with van der Waals surface area (Å²) >= 11 is 0. The Hall–Kier alpha value is -4.43. The van der Waals surface area contributed by atoms with Crippen molar-refractivity contribution in [3.63, 3.8) is 0 Å². The van der Waals surface area contributed by atoms with E-state index in [0.717, 1.165) is 33.3 Å². The topological polar surface area (TPSA) is 38.1 Å². The molecule has 2 aliphatic rings. The molecule has 7 rings (SSSR count). The van der Waals surface area contributed by atoms with Crippen LogP contribution in [0, 0.1) is 17.9 Å². The Balaban J connectivity index is 1.26. The van der Waals surface area contributed by atoms with E-state index in [1.165, 1.54) is 11.6 Å². The van der Waals surface area contributed by atoms with Crippen LogP contribution in [0.2, 0.25) is 0 Å². The van der Waals surface area contributed by atoms with Crippen molar-refractivity contribution < 1.29 is 9.18 Å². The summed E-state index contributed by atoms with van der Waals surface area (Å²) in [6.45, 7) is 1.11. The molecule has 1 amide bonds. The fraction of sp³-hybridized carbons (Fsp3) is 0.161. The lowest BCUT2D eigenvalue weighted by molar-refractivity contribution is -0.120. The van der Waals surface area contributed by atoms with Crippen molar-refractivity contribution in [2.75, 3.05) is 4.90 Å². The van der Waals surface area contributed by atoms with Crippen molar-refractivity contribution >= 4 is 22.5 Å². The summed E-state index contributed by atoms with van der Waals surface area (Å²) < 4.78 is 16.4. The van der Waals surface area contributed by atoms with Gasteiger partial charge in [-0.15, -0.1) is 0 Å². The van der Waals surface area contributed by atoms with Gasteiger partial charge < -0.3 is 4.90 Å². The van der Waals surface area contributed by atoms with Gasteiger partial charge in [0.2, 0.25) is 5.91 Å². The third kappa shape index (κ3) is 3.15. The van der Waals surface area contributed by atoms with Crippen LogP contribution in [0.4, 0.5) is 10.1 Å². The van der Waals surface area contributed by atoms with Crippen LogP contribution >= 0.6 is 0 Å². The van der Waals surface area contributed by atoms with Crippen LogP contribution in [0.3, 0.4) is 0 Å². The van der Waals surface area contributed by atoms with E-state index >= 15 is 0 Å². The van der Waals surface area contributed by atoms with E-state index < -0.39 is 5.41 Å². The molecule has 0 N–H and O–H groups in total. The van der Waals surface area contributed by atoms with E-state index in [1.807, 2.05) is 41.2 Å². The zero-order valence-corrected chi connectivity index (χ0v) is 19.5. The van der Waals surface area contributed by atoms with Crippen molar-refractivity contribution in [3.05, 3.63) is 131 Å². The molecule has 5 aromatic rings. The minimum Gasteiger partial charge on any atom is -0.307 e. The number of anilines is 1. The largest absolute Gasteiger partial charge is 0.307 e. The Labute approximate surface area is 208 Å². The average Bonchev–Trinajstić information content (AvgIpc) is 3.49. The van der Waals surface area contributed by atoms with Crippen LogP contribution in [-0.2, 0) is 23.3 Å². The molecule has 1 aromatic heterocycles. The van der Waals surface area contributed by atoms with E-state index in [9.17, 15) is 9.18 Å². The number of amides is 1. The maximum absolute atomic E-state index is 14.4. The molecule has 4 aromatic carbocycles. The number of benzene rings is 3. The molecule has 1 spiro atoms. The highest BCUT2D eigenvalue weighted by Gasteiger charge is 2.67. The molecule has 0 radical (unpaired) electrons. The van der Waals surface area contributed by atoms with Gasteiger partial charge in [-0.25, -0.2) is 4.39 Å². The van der Waals surface area contributed by atoms with Crippen LogP contribution in [0.5, 0.6) is 0 Å². The summed E-state index contributed by atoms with van der Waals surface area (Å²) in [6, 6.07) is 32.7. The molecule has 36 heavy (non-hydrogen) atoms. The maximum Gasteiger partial charge on any atom is 0.238 e. The number of fused-ring (bicyclic) bond motifs is 3. The Morgan fingerprint density at radius 2 is 1.86 bits per heavy atom. The van der Waals surface area contributed by atoms with Crippen molar-refractivity contribution in [2.45, 2.75) is 30.8 Å². The number of carbonyl (C=O) groups is 1. The van der Waals surface area contributed by atoms with E-state index in [0.29, 0.717) is 19.5 Å². The second-order valence-corrected chi connectivity index (χ2v) is 9.73. The molecule has 1 saturated carbocycles. The van der Waals surface area contributed by atoms with Crippen molar-refractivity contribution in [1.82, 2.24) is 9.78 Å². The van der Waals surface area contributed by atoms with Crippen LogP contribution in [-0.4, -0.2) is 15.7 Å². The third-order valence-electron chi connectivity index (χ3n) is 7.63. The van der Waals surface area contributed by atoms with E-state index in [2.05, 4.69) is 47.6 Å². The monoisotopic (exact) mass is 471 g/mol. The SMILES string of the molecule is O=C1N(Cc2cc#ccc2)c2ccc(F)cc2C12CC2c1ccc2cnn(Cc3ccccc3)c2c1. The van der Waals surface area contributed by atoms with Crippen LogP contribution in [0.25, 0.3) is 10.9 Å². The minimum absolute atomic E-state index is 0.00399. The predicted molar refractivity (Wildman–Crippen MR) is 136 cm³/mol. The van der Waals surface area contributed by atoms with Crippen LogP contribution < -0.4 is 4.90 Å². The summed E-state index contributed by atoms with van der Waals surface area (Å²) in [4.78, 5) is 15.7. The van der Waals surface area contributed by atoms with E-state index in [-0.39, 0.29) is 17.6 Å². The van der Waals surface area contributed by atoms with Crippen LogP contribution in [0.1, 0.15) is 34.6 Å². The molecule has 174 valence electrons. The van der Waals surface area contributed by atoms with Gasteiger partial charge in [-0.3, -0.25) is 9.48 Å². The number of hydrogen-bond acceptors (Lipinski definition) is 2. The second kappa shape index (κ2) is 7.79. The second-order valence-electron chi connectivity index (χ2n) is 9.73. The minimum atomic E-state index is -0.722. The highest BCUT2D eigenvalue weighted by atomic mass is 19.1. The summed E-state index contributed by atoms with van der Waals surface area (Å²) in [6.07, 6.45) is 2.55. The quantitative estimate of drug-likeness (QED) is 0.325. The molecule has 2 unspecified atom stereocenters. The smallest absolute Gasteiger partial charge is 0.238 e. The lowest BCUT2D eigenvalue weighted by Crippen LogP contribution is -2.32. The molecular formula is C31H22FN3O. The molecule has 1 fully saturated rings. The Bertz CT molecular complexity index is 1610. The zero-order chi connectivity index (χ0) is 24.3. The molecule has 0 saturated heterocycles. The van der Waals surface area contributed by atoms with Crippen molar-refractivity contribution in [1.29, 1.82) is 0 Å². The van der Waals surface area contributed by atoms with Crippen LogP contribution in [0.15, 0.2) is 91.1 Å². The van der Waals surface area contributed by atoms with Gasteiger partial charge in [-0.05, 0) is 71.1 Å². The first-order chi connectivity index (χ1) is 17.6. The first-order valence-corrected chi connectivity index (χ1v) is 12.1. The fourth-order valence-electron chi connectivity index (χ4n) is 5.77. The number of hydrogen-bond donors (Lipinski definition) is 0. The highest BCUT2D eigenvalue weighted by Crippen LogP contribution is 2.66. The molecule has 1 aliphatic carbocycles. The number of carbonyl (C=O) groups excluding carboxylic acids is 1. The lowest BCUT2D eigenvalue weighted by Gasteiger charge is -2.18. The molecular weight excluding hydrogens is 449 g/mol. The van der Waals surface area contributed by atoms with E-state index in [1.54, 1.807) is 23.1 Å². The number of rotatable bonds is 5. The van der Waals surface area contributed by atoms with Gasteiger partial charge in [-0.1, -0.05) is 54.6 Å². The molecule has 1 aliphatic heterocycles. The van der Waals surface area contributed by atoms with Gasteiger partial charge in [0.15, 0.2) is 0 Å². The highest BCUT2D eigenvalue weighted by molar-refractivity contribution is 6.11. The third-order valence-corrected chi connectivity index (χ3v) is 7.63. The summed E-state index contributed by atoms with van der Waals surface area (Å²) in [5, 5.41) is 5.67. The number of nitrogens with zero attached hydrogens (tertiary/aromatic N) is 3. The number of halogens is 1. The van der Waals surface area contributed by atoms with Gasteiger partial charge in [-0.2, -0.15) is 5.10 Å². The van der Waals surface area contributed by atoms with Gasteiger partial charge in [0.25, 0.3) is 0 Å². The average molecular weight is 472 g/mol. The normalized spacial score (nSPS) is 20.1. The predicted octanol–water partition coefficient (Wildman–Crippen LogP) is 5.80. The van der Waals surface area contributed by atoms with Crippen molar-refractivity contribution in [2.24, 2.45) is 0 Å². The Morgan fingerprint density at radius 3 is 2.69 bits per heavy atom. The first kappa shape index (κ1) is 20.9. The molecule has 5 heteroatoms. The van der Waals surface area contributed by atoms with Gasteiger partial charge in [0.05, 0.1) is 30.2 Å². The van der Waals surface area contributed by atoms with Crippen molar-refractivity contribution in [3.8, 4) is 0 Å².